The number of nitrogens with one attached hydrogen (secondary N) is 2. The molecule has 0 aromatic heterocycles. The number of imide groups is 1. The van der Waals surface area contributed by atoms with Crippen molar-refractivity contribution in [1.29, 1.82) is 0 Å². The summed E-state index contributed by atoms with van der Waals surface area (Å²) in [7, 11) is 0. The lowest BCUT2D eigenvalue weighted by molar-refractivity contribution is -0.134. The smallest absolute Gasteiger partial charge is 0.324 e. The van der Waals surface area contributed by atoms with Gasteiger partial charge in [0.1, 0.15) is 12.1 Å². The van der Waals surface area contributed by atoms with Gasteiger partial charge in [0.15, 0.2) is 0 Å². The van der Waals surface area contributed by atoms with Crippen molar-refractivity contribution in [2.75, 3.05) is 11.9 Å². The van der Waals surface area contributed by atoms with Crippen LogP contribution in [0.25, 0.3) is 0 Å². The Morgan fingerprint density at radius 2 is 2.04 bits per heavy atom. The number of hydrogen-bond acceptors (Lipinski definition) is 3. The van der Waals surface area contributed by atoms with Crippen molar-refractivity contribution >= 4 is 23.5 Å². The van der Waals surface area contributed by atoms with Gasteiger partial charge in [0.25, 0.3) is 5.91 Å². The number of nitrogens with zero attached hydrogens (tertiary/aromatic N) is 1. The zero-order valence-electron chi connectivity index (χ0n) is 13.6. The van der Waals surface area contributed by atoms with E-state index in [-0.39, 0.29) is 24.3 Å². The molecule has 1 aliphatic carbocycles. The first-order valence-corrected chi connectivity index (χ1v) is 7.83. The highest BCUT2D eigenvalue weighted by atomic mass is 16.2. The molecule has 2 N–H and O–H groups in total. The van der Waals surface area contributed by atoms with E-state index in [4.69, 9.17) is 0 Å². The van der Waals surface area contributed by atoms with Crippen LogP contribution in [0, 0.1) is 19.8 Å². The molecule has 1 aromatic rings. The third kappa shape index (κ3) is 2.69. The summed E-state index contributed by atoms with van der Waals surface area (Å²) in [5.41, 5.74) is 1.89. The monoisotopic (exact) mass is 315 g/mol. The lowest BCUT2D eigenvalue weighted by Crippen LogP contribution is -2.46. The molecule has 2 aliphatic rings. The lowest BCUT2D eigenvalue weighted by atomic mass is 9.96. The zero-order valence-corrected chi connectivity index (χ0v) is 13.6. The summed E-state index contributed by atoms with van der Waals surface area (Å²) < 4.78 is 0. The molecule has 1 aromatic carbocycles. The molecule has 0 bridgehead atoms. The minimum Gasteiger partial charge on any atom is -0.324 e. The molecular weight excluding hydrogens is 294 g/mol. The summed E-state index contributed by atoms with van der Waals surface area (Å²) in [4.78, 5) is 37.8. The number of anilines is 1. The average molecular weight is 315 g/mol. The highest BCUT2D eigenvalue weighted by Crippen LogP contribution is 2.42. The Bertz CT molecular complexity index is 696. The summed E-state index contributed by atoms with van der Waals surface area (Å²) in [5, 5.41) is 5.52. The highest BCUT2D eigenvalue weighted by molar-refractivity contribution is 6.10. The Balaban J connectivity index is 1.69. The number of benzene rings is 1. The first kappa shape index (κ1) is 15.5. The van der Waals surface area contributed by atoms with E-state index < -0.39 is 11.6 Å². The average Bonchev–Trinajstić information content (AvgIpc) is 3.30. The van der Waals surface area contributed by atoms with Crippen molar-refractivity contribution in [3.63, 3.8) is 0 Å². The molecule has 0 radical (unpaired) electrons. The normalized spacial score (nSPS) is 23.9. The minimum absolute atomic E-state index is 0.186. The molecule has 1 unspecified atom stereocenters. The van der Waals surface area contributed by atoms with Crippen molar-refractivity contribution in [1.82, 2.24) is 10.2 Å². The molecule has 4 amide bonds. The second-order valence-corrected chi connectivity index (χ2v) is 6.59. The van der Waals surface area contributed by atoms with Gasteiger partial charge in [-0.1, -0.05) is 12.1 Å². The summed E-state index contributed by atoms with van der Waals surface area (Å²) in [6.45, 7) is 5.36. The molecule has 1 saturated carbocycles. The van der Waals surface area contributed by atoms with E-state index in [1.807, 2.05) is 26.0 Å². The summed E-state index contributed by atoms with van der Waals surface area (Å²) in [6, 6.07) is 5.14. The molecule has 1 atom stereocenters. The van der Waals surface area contributed by atoms with Crippen LogP contribution in [-0.4, -0.2) is 34.8 Å². The van der Waals surface area contributed by atoms with Crippen LogP contribution < -0.4 is 10.6 Å². The summed E-state index contributed by atoms with van der Waals surface area (Å²) in [5.74, 6) is -0.491. The number of rotatable bonds is 4. The first-order chi connectivity index (χ1) is 10.8. The van der Waals surface area contributed by atoms with Gasteiger partial charge in [-0.25, -0.2) is 4.79 Å². The van der Waals surface area contributed by atoms with E-state index in [1.54, 1.807) is 13.0 Å². The van der Waals surface area contributed by atoms with Crippen LogP contribution in [-0.2, 0) is 9.59 Å². The predicted molar refractivity (Wildman–Crippen MR) is 85.9 cm³/mol. The maximum atomic E-state index is 12.5. The Kier molecular flexibility index (Phi) is 3.62. The molecule has 3 rings (SSSR count). The van der Waals surface area contributed by atoms with Gasteiger partial charge in [-0.2, -0.15) is 0 Å². The van der Waals surface area contributed by atoms with Gasteiger partial charge >= 0.3 is 6.03 Å². The second kappa shape index (κ2) is 5.37. The first-order valence-electron chi connectivity index (χ1n) is 7.83. The number of urea groups is 1. The van der Waals surface area contributed by atoms with Gasteiger partial charge in [-0.05, 0) is 56.7 Å². The van der Waals surface area contributed by atoms with Crippen molar-refractivity contribution in [2.45, 2.75) is 39.2 Å². The van der Waals surface area contributed by atoms with Gasteiger partial charge in [-0.3, -0.25) is 14.5 Å². The molecule has 1 saturated heterocycles. The van der Waals surface area contributed by atoms with E-state index in [0.717, 1.165) is 28.9 Å². The Morgan fingerprint density at radius 3 is 2.70 bits per heavy atom. The highest BCUT2D eigenvalue weighted by Gasteiger charge is 2.56. The largest absolute Gasteiger partial charge is 0.325 e. The van der Waals surface area contributed by atoms with Crippen molar-refractivity contribution in [3.05, 3.63) is 29.3 Å². The fourth-order valence-electron chi connectivity index (χ4n) is 3.02. The quantitative estimate of drug-likeness (QED) is 0.834. The molecule has 1 aliphatic heterocycles. The zero-order chi connectivity index (χ0) is 16.8. The molecule has 0 spiro atoms. The topological polar surface area (TPSA) is 78.5 Å². The molecule has 2 fully saturated rings. The standard InChI is InChI=1S/C17H21N3O3/c1-10-5-4-6-13(11(10)2)18-14(21)9-20-15(22)17(3,12-7-8-12)19-16(20)23/h4-6,12H,7-9H2,1-3H3,(H,18,21)(H,19,23). The Labute approximate surface area is 135 Å². The van der Waals surface area contributed by atoms with Crippen LogP contribution in [0.15, 0.2) is 18.2 Å². The van der Waals surface area contributed by atoms with Crippen LogP contribution >= 0.6 is 0 Å². The lowest BCUT2D eigenvalue weighted by Gasteiger charge is -2.20. The van der Waals surface area contributed by atoms with Crippen LogP contribution in [0.4, 0.5) is 10.5 Å². The van der Waals surface area contributed by atoms with E-state index in [1.165, 1.54) is 0 Å². The molecule has 122 valence electrons. The Hall–Kier alpha value is -2.37. The molecular formula is C17H21N3O3. The van der Waals surface area contributed by atoms with Gasteiger partial charge < -0.3 is 10.6 Å². The number of carbonyl (C=O) groups is 3. The SMILES string of the molecule is Cc1cccc(NC(=O)CN2C(=O)NC(C)(C3CC3)C2=O)c1C. The van der Waals surface area contributed by atoms with Crippen molar-refractivity contribution in [2.24, 2.45) is 5.92 Å². The van der Waals surface area contributed by atoms with Crippen molar-refractivity contribution < 1.29 is 14.4 Å². The maximum Gasteiger partial charge on any atom is 0.325 e. The van der Waals surface area contributed by atoms with Crippen LogP contribution in [0.1, 0.15) is 30.9 Å². The fourth-order valence-corrected chi connectivity index (χ4v) is 3.02. The van der Waals surface area contributed by atoms with Crippen LogP contribution in [0.3, 0.4) is 0 Å². The predicted octanol–water partition coefficient (Wildman–Crippen LogP) is 1.96. The van der Waals surface area contributed by atoms with E-state index in [0.29, 0.717) is 5.69 Å². The second-order valence-electron chi connectivity index (χ2n) is 6.59. The Morgan fingerprint density at radius 1 is 1.35 bits per heavy atom. The van der Waals surface area contributed by atoms with Gasteiger partial charge in [0.2, 0.25) is 5.91 Å². The summed E-state index contributed by atoms with van der Waals surface area (Å²) in [6.07, 6.45) is 1.87. The van der Waals surface area contributed by atoms with Gasteiger partial charge in [-0.15, -0.1) is 0 Å². The van der Waals surface area contributed by atoms with Crippen LogP contribution in [0.5, 0.6) is 0 Å². The molecule has 6 heteroatoms. The van der Waals surface area contributed by atoms with E-state index >= 15 is 0 Å². The molecule has 23 heavy (non-hydrogen) atoms. The van der Waals surface area contributed by atoms with Gasteiger partial charge in [0, 0.05) is 5.69 Å². The molecule has 6 nitrogen and oxygen atoms in total. The van der Waals surface area contributed by atoms with Crippen molar-refractivity contribution in [3.8, 4) is 0 Å². The third-order valence-electron chi connectivity index (χ3n) is 4.88. The maximum absolute atomic E-state index is 12.5. The fraction of sp³-hybridized carbons (Fsp3) is 0.471. The summed E-state index contributed by atoms with van der Waals surface area (Å²) >= 11 is 0. The number of amides is 4. The number of aryl methyl sites for hydroxylation is 1. The van der Waals surface area contributed by atoms with E-state index in [2.05, 4.69) is 10.6 Å². The van der Waals surface area contributed by atoms with E-state index in [9.17, 15) is 14.4 Å². The third-order valence-corrected chi connectivity index (χ3v) is 4.88. The molecule has 1 heterocycles. The van der Waals surface area contributed by atoms with Crippen LogP contribution in [0.2, 0.25) is 0 Å². The minimum atomic E-state index is -0.851. The van der Waals surface area contributed by atoms with Gasteiger partial charge in [0.05, 0.1) is 0 Å². The number of carbonyl (C=O) groups excluding carboxylic acids is 3. The number of hydrogen-bond donors (Lipinski definition) is 2.